The lowest BCUT2D eigenvalue weighted by atomic mass is 10.1. The lowest BCUT2D eigenvalue weighted by Gasteiger charge is -2.27. The van der Waals surface area contributed by atoms with Crippen LogP contribution in [-0.4, -0.2) is 47.8 Å². The van der Waals surface area contributed by atoms with E-state index >= 15 is 0 Å². The number of nitrogens with one attached hydrogen (secondary N) is 2. The van der Waals surface area contributed by atoms with Gasteiger partial charge in [0, 0.05) is 36.7 Å². The summed E-state index contributed by atoms with van der Waals surface area (Å²) in [5.74, 6) is 2.73. The minimum absolute atomic E-state index is 0.147. The molecule has 0 bridgehead atoms. The summed E-state index contributed by atoms with van der Waals surface area (Å²) in [5, 5.41) is 4.76. The number of fused-ring (bicyclic) bond motifs is 3. The molecule has 1 fully saturated rings. The van der Waals surface area contributed by atoms with E-state index in [1.54, 1.807) is 6.07 Å². The van der Waals surface area contributed by atoms with Crippen molar-refractivity contribution in [2.24, 2.45) is 0 Å². The van der Waals surface area contributed by atoms with E-state index in [2.05, 4.69) is 10.3 Å². The first kappa shape index (κ1) is 22.0. The van der Waals surface area contributed by atoms with Gasteiger partial charge in [0.25, 0.3) is 5.56 Å². The fourth-order valence-corrected chi connectivity index (χ4v) is 4.75. The number of hydrogen-bond acceptors (Lipinski definition) is 7. The van der Waals surface area contributed by atoms with Crippen molar-refractivity contribution in [1.82, 2.24) is 15.2 Å². The van der Waals surface area contributed by atoms with Crippen LogP contribution in [-0.2, 0) is 17.8 Å². The van der Waals surface area contributed by atoms with E-state index in [4.69, 9.17) is 35.9 Å². The molecule has 6 rings (SSSR count). The van der Waals surface area contributed by atoms with Crippen LogP contribution in [0.2, 0.25) is 0 Å². The summed E-state index contributed by atoms with van der Waals surface area (Å²) in [6.07, 6.45) is 2.22. The van der Waals surface area contributed by atoms with Crippen LogP contribution in [0.1, 0.15) is 24.0 Å². The van der Waals surface area contributed by atoms with Crippen LogP contribution in [0.15, 0.2) is 41.2 Å². The third-order valence-electron chi connectivity index (χ3n) is 6.38. The van der Waals surface area contributed by atoms with Gasteiger partial charge in [-0.2, -0.15) is 0 Å². The molecular weight excluding hydrogens is 470 g/mol. The lowest BCUT2D eigenvalue weighted by molar-refractivity contribution is 0.113. The lowest BCUT2D eigenvalue weighted by Crippen LogP contribution is -2.42. The highest BCUT2D eigenvalue weighted by Gasteiger charge is 2.21. The standard InChI is InChI=1S/C25H25N3O6S/c29-24-17(7-16-8-22-23(34-14-33-22)9-19(16)27-24)12-28(25(35)26-10-18-2-1-5-30-18)11-15-3-4-20-21(6-15)32-13-31-20/h3-4,6-9,18H,1-2,5,10-14H2,(H,26,35)(H,27,29). The number of nitrogens with zero attached hydrogens (tertiary/aromatic N) is 1. The Morgan fingerprint density at radius 1 is 1.00 bits per heavy atom. The van der Waals surface area contributed by atoms with E-state index < -0.39 is 0 Å². The molecular formula is C25H25N3O6S. The molecule has 10 heteroatoms. The molecule has 182 valence electrons. The molecule has 3 aromatic rings. The largest absolute Gasteiger partial charge is 0.454 e. The fraction of sp³-hybridized carbons (Fsp3) is 0.360. The Kier molecular flexibility index (Phi) is 5.83. The Morgan fingerprint density at radius 2 is 1.77 bits per heavy atom. The normalized spacial score (nSPS) is 17.7. The van der Waals surface area contributed by atoms with E-state index in [0.29, 0.717) is 53.1 Å². The van der Waals surface area contributed by atoms with Gasteiger partial charge in [-0.3, -0.25) is 4.79 Å². The molecule has 35 heavy (non-hydrogen) atoms. The second-order valence-corrected chi connectivity index (χ2v) is 9.17. The number of pyridine rings is 1. The van der Waals surface area contributed by atoms with Crippen LogP contribution in [0.3, 0.4) is 0 Å². The summed E-state index contributed by atoms with van der Waals surface area (Å²) in [5.41, 5.74) is 2.12. The molecule has 4 heterocycles. The van der Waals surface area contributed by atoms with Crippen molar-refractivity contribution in [3.8, 4) is 23.0 Å². The van der Waals surface area contributed by atoms with Crippen molar-refractivity contribution in [2.45, 2.75) is 32.0 Å². The maximum absolute atomic E-state index is 13.0. The van der Waals surface area contributed by atoms with Gasteiger partial charge >= 0.3 is 0 Å². The van der Waals surface area contributed by atoms with Gasteiger partial charge in [0.05, 0.1) is 18.2 Å². The van der Waals surface area contributed by atoms with E-state index in [-0.39, 0.29) is 25.2 Å². The molecule has 2 N–H and O–H groups in total. The maximum Gasteiger partial charge on any atom is 0.253 e. The Morgan fingerprint density at radius 3 is 2.57 bits per heavy atom. The molecule has 0 spiro atoms. The van der Waals surface area contributed by atoms with E-state index in [0.717, 1.165) is 36.1 Å². The van der Waals surface area contributed by atoms with Crippen LogP contribution in [0.4, 0.5) is 0 Å². The van der Waals surface area contributed by atoms with Gasteiger partial charge in [0.1, 0.15) is 0 Å². The molecule has 0 radical (unpaired) electrons. The van der Waals surface area contributed by atoms with Crippen molar-refractivity contribution < 1.29 is 23.7 Å². The smallest absolute Gasteiger partial charge is 0.253 e. The van der Waals surface area contributed by atoms with Gasteiger partial charge in [-0.25, -0.2) is 0 Å². The predicted octanol–water partition coefficient (Wildman–Crippen LogP) is 3.04. The summed E-state index contributed by atoms with van der Waals surface area (Å²) < 4.78 is 27.6. The van der Waals surface area contributed by atoms with Crippen molar-refractivity contribution in [3.63, 3.8) is 0 Å². The number of aromatic amines is 1. The molecule has 0 aliphatic carbocycles. The highest BCUT2D eigenvalue weighted by molar-refractivity contribution is 7.80. The Labute approximate surface area is 206 Å². The average molecular weight is 496 g/mol. The van der Waals surface area contributed by atoms with E-state index in [9.17, 15) is 4.79 Å². The van der Waals surface area contributed by atoms with E-state index in [1.807, 2.05) is 35.2 Å². The molecule has 1 aromatic heterocycles. The number of hydrogen-bond donors (Lipinski definition) is 2. The Balaban J connectivity index is 1.27. The van der Waals surface area contributed by atoms with Gasteiger partial charge in [0.2, 0.25) is 13.6 Å². The molecule has 1 atom stereocenters. The van der Waals surface area contributed by atoms with E-state index in [1.165, 1.54) is 0 Å². The molecule has 0 amide bonds. The molecule has 1 saturated heterocycles. The zero-order chi connectivity index (χ0) is 23.8. The van der Waals surface area contributed by atoms with Gasteiger partial charge in [-0.1, -0.05) is 6.07 Å². The first-order valence-electron chi connectivity index (χ1n) is 11.6. The van der Waals surface area contributed by atoms with Gasteiger partial charge in [-0.05, 0) is 54.9 Å². The summed E-state index contributed by atoms with van der Waals surface area (Å²) in [4.78, 5) is 17.9. The molecule has 3 aliphatic rings. The van der Waals surface area contributed by atoms with Crippen molar-refractivity contribution >= 4 is 28.2 Å². The van der Waals surface area contributed by atoms with Crippen LogP contribution in [0.5, 0.6) is 23.0 Å². The number of aromatic nitrogens is 1. The monoisotopic (exact) mass is 495 g/mol. The Hall–Kier alpha value is -3.50. The maximum atomic E-state index is 13.0. The van der Waals surface area contributed by atoms with Gasteiger partial charge in [0.15, 0.2) is 28.1 Å². The number of ether oxygens (including phenoxy) is 5. The van der Waals surface area contributed by atoms with Crippen LogP contribution >= 0.6 is 12.2 Å². The van der Waals surface area contributed by atoms with Crippen LogP contribution in [0.25, 0.3) is 10.9 Å². The Bertz CT molecular complexity index is 1340. The highest BCUT2D eigenvalue weighted by Crippen LogP contribution is 2.35. The van der Waals surface area contributed by atoms with Crippen molar-refractivity contribution in [1.29, 1.82) is 0 Å². The van der Waals surface area contributed by atoms with Crippen molar-refractivity contribution in [2.75, 3.05) is 26.7 Å². The minimum atomic E-state index is -0.172. The zero-order valence-corrected chi connectivity index (χ0v) is 19.8. The highest BCUT2D eigenvalue weighted by atomic mass is 32.1. The SMILES string of the molecule is O=c1[nH]c2cc3c(cc2cc1CN(Cc1ccc2c(c1)OCO2)C(=S)NCC1CCCO1)OCO3. The van der Waals surface area contributed by atoms with Crippen molar-refractivity contribution in [3.05, 3.63) is 57.9 Å². The molecule has 9 nitrogen and oxygen atoms in total. The summed E-state index contributed by atoms with van der Waals surface area (Å²) in [6, 6.07) is 11.4. The predicted molar refractivity (Wildman–Crippen MR) is 132 cm³/mol. The number of rotatable bonds is 6. The summed E-state index contributed by atoms with van der Waals surface area (Å²) in [6.45, 7) is 2.63. The number of benzene rings is 2. The second-order valence-electron chi connectivity index (χ2n) is 8.78. The second kappa shape index (κ2) is 9.27. The summed E-state index contributed by atoms with van der Waals surface area (Å²) >= 11 is 5.77. The van der Waals surface area contributed by atoms with Gasteiger partial charge in [-0.15, -0.1) is 0 Å². The number of thiocarbonyl (C=S) groups is 1. The minimum Gasteiger partial charge on any atom is -0.454 e. The van der Waals surface area contributed by atoms with Gasteiger partial charge < -0.3 is 38.9 Å². The van der Waals surface area contributed by atoms with Crippen LogP contribution < -0.4 is 29.8 Å². The molecule has 2 aromatic carbocycles. The quantitative estimate of drug-likeness (QED) is 0.501. The number of H-pyrrole nitrogens is 1. The zero-order valence-electron chi connectivity index (χ0n) is 19.0. The fourth-order valence-electron chi connectivity index (χ4n) is 4.54. The summed E-state index contributed by atoms with van der Waals surface area (Å²) in [7, 11) is 0. The topological polar surface area (TPSA) is 94.3 Å². The third-order valence-corrected chi connectivity index (χ3v) is 6.78. The van der Waals surface area contributed by atoms with Crippen LogP contribution in [0, 0.1) is 0 Å². The third kappa shape index (κ3) is 4.59. The first-order chi connectivity index (χ1) is 17.1. The first-order valence-corrected chi connectivity index (χ1v) is 12.0. The average Bonchev–Trinajstić information content (AvgIpc) is 3.62. The molecule has 0 saturated carbocycles. The molecule has 3 aliphatic heterocycles. The molecule has 1 unspecified atom stereocenters.